The minimum absolute atomic E-state index is 0.0461. The topological polar surface area (TPSA) is 60.5 Å². The Bertz CT molecular complexity index is 441. The Morgan fingerprint density at radius 2 is 2.29 bits per heavy atom. The van der Waals surface area contributed by atoms with Crippen LogP contribution >= 0.6 is 11.6 Å². The van der Waals surface area contributed by atoms with Gasteiger partial charge in [0.2, 0.25) is 0 Å². The lowest BCUT2D eigenvalue weighted by Crippen LogP contribution is -2.08. The van der Waals surface area contributed by atoms with Crippen molar-refractivity contribution in [1.29, 1.82) is 0 Å². The van der Waals surface area contributed by atoms with Crippen LogP contribution in [0.2, 0.25) is 5.15 Å². The maximum Gasteiger partial charge on any atom is 0.132 e. The van der Waals surface area contributed by atoms with Crippen LogP contribution in [0.5, 0.6) is 5.75 Å². The number of nitrogens with zero attached hydrogens (tertiary/aromatic N) is 2. The number of nitrogens with two attached hydrogens (primary N) is 1. The molecule has 0 aliphatic rings. The Kier molecular flexibility index (Phi) is 4.97. The van der Waals surface area contributed by atoms with Crippen LogP contribution in [0.25, 0.3) is 5.57 Å². The van der Waals surface area contributed by atoms with Crippen molar-refractivity contribution in [1.82, 2.24) is 4.98 Å². The van der Waals surface area contributed by atoms with Gasteiger partial charge in [-0.2, -0.15) is 0 Å². The lowest BCUT2D eigenvalue weighted by atomic mass is 10.1. The molecule has 2 N–H and O–H groups in total. The van der Waals surface area contributed by atoms with Crippen LogP contribution in [0, 0.1) is 0 Å². The normalized spacial score (nSPS) is 12.4. The van der Waals surface area contributed by atoms with E-state index in [0.717, 1.165) is 11.1 Å². The maximum absolute atomic E-state index is 5.85. The van der Waals surface area contributed by atoms with Crippen LogP contribution in [0.15, 0.2) is 23.5 Å². The summed E-state index contributed by atoms with van der Waals surface area (Å²) in [6, 6.07) is 1.67. The third-order valence-electron chi connectivity index (χ3n) is 1.95. The van der Waals surface area contributed by atoms with E-state index in [0.29, 0.717) is 10.9 Å². The van der Waals surface area contributed by atoms with Crippen molar-refractivity contribution in [2.45, 2.75) is 20.0 Å². The molecule has 1 aromatic heterocycles. The van der Waals surface area contributed by atoms with Gasteiger partial charge in [-0.1, -0.05) is 11.6 Å². The Morgan fingerprint density at radius 3 is 2.82 bits per heavy atom. The summed E-state index contributed by atoms with van der Waals surface area (Å²) < 4.78 is 5.67. The zero-order valence-corrected chi connectivity index (χ0v) is 10.9. The number of pyridine rings is 1. The fourth-order valence-corrected chi connectivity index (χ4v) is 1.47. The minimum atomic E-state index is 0.0461. The summed E-state index contributed by atoms with van der Waals surface area (Å²) in [5.74, 6) is 0.650. The Morgan fingerprint density at radius 1 is 1.59 bits per heavy atom. The van der Waals surface area contributed by atoms with Crippen molar-refractivity contribution < 1.29 is 4.74 Å². The van der Waals surface area contributed by atoms with Crippen molar-refractivity contribution >= 4 is 23.4 Å². The Balaban J connectivity index is 3.22. The van der Waals surface area contributed by atoms with Crippen LogP contribution in [0.3, 0.4) is 0 Å². The molecule has 92 valence electrons. The van der Waals surface area contributed by atoms with E-state index in [4.69, 9.17) is 22.1 Å². The summed E-state index contributed by atoms with van der Waals surface area (Å²) in [5.41, 5.74) is 7.08. The average molecular weight is 254 g/mol. The predicted molar refractivity (Wildman–Crippen MR) is 71.6 cm³/mol. The van der Waals surface area contributed by atoms with E-state index in [1.807, 2.05) is 13.8 Å². The standard InChI is InChI=1S/C12H16ClN3O/c1-8(2)17-11-4-12(13)16-7-10(11)9(5-14)6-15-3/h4-8H,14H2,1-3H3/b9-5+,15-6?. The maximum atomic E-state index is 5.85. The fraction of sp³-hybridized carbons (Fsp3) is 0.333. The minimum Gasteiger partial charge on any atom is -0.490 e. The monoisotopic (exact) mass is 253 g/mol. The summed E-state index contributed by atoms with van der Waals surface area (Å²) >= 11 is 5.85. The first kappa shape index (κ1) is 13.5. The predicted octanol–water partition coefficient (Wildman–Crippen LogP) is 2.52. The van der Waals surface area contributed by atoms with Crippen LogP contribution < -0.4 is 10.5 Å². The molecule has 0 aliphatic heterocycles. The first-order valence-corrected chi connectivity index (χ1v) is 5.63. The highest BCUT2D eigenvalue weighted by molar-refractivity contribution is 6.29. The lowest BCUT2D eigenvalue weighted by Gasteiger charge is -2.14. The summed E-state index contributed by atoms with van der Waals surface area (Å²) in [7, 11) is 1.68. The molecule has 0 atom stereocenters. The number of rotatable bonds is 4. The second kappa shape index (κ2) is 6.25. The van der Waals surface area contributed by atoms with E-state index in [1.165, 1.54) is 6.20 Å². The van der Waals surface area contributed by atoms with E-state index in [2.05, 4.69) is 9.98 Å². The van der Waals surface area contributed by atoms with Gasteiger partial charge in [0.15, 0.2) is 0 Å². The first-order valence-electron chi connectivity index (χ1n) is 5.25. The Hall–Kier alpha value is -1.55. The highest BCUT2D eigenvalue weighted by Crippen LogP contribution is 2.27. The molecule has 0 saturated carbocycles. The molecular formula is C12H16ClN3O. The summed E-state index contributed by atoms with van der Waals surface area (Å²) in [5, 5.41) is 0.384. The third kappa shape index (κ3) is 3.75. The van der Waals surface area contributed by atoms with Crippen molar-refractivity contribution in [3.8, 4) is 5.75 Å². The van der Waals surface area contributed by atoms with Gasteiger partial charge in [0, 0.05) is 42.9 Å². The smallest absolute Gasteiger partial charge is 0.132 e. The van der Waals surface area contributed by atoms with Crippen LogP contribution in [-0.4, -0.2) is 24.4 Å². The molecule has 0 saturated heterocycles. The molecule has 0 bridgehead atoms. The molecule has 0 amide bonds. The van der Waals surface area contributed by atoms with Crippen molar-refractivity contribution in [3.05, 3.63) is 29.2 Å². The van der Waals surface area contributed by atoms with E-state index in [9.17, 15) is 0 Å². The number of halogens is 1. The molecule has 1 rings (SSSR count). The van der Waals surface area contributed by atoms with Gasteiger partial charge in [-0.15, -0.1) is 0 Å². The van der Waals surface area contributed by atoms with Gasteiger partial charge in [-0.25, -0.2) is 4.98 Å². The van der Waals surface area contributed by atoms with Crippen molar-refractivity contribution in [2.24, 2.45) is 10.7 Å². The van der Waals surface area contributed by atoms with E-state index >= 15 is 0 Å². The van der Waals surface area contributed by atoms with E-state index in [1.54, 1.807) is 25.5 Å². The third-order valence-corrected chi connectivity index (χ3v) is 2.16. The fourth-order valence-electron chi connectivity index (χ4n) is 1.32. The second-order valence-corrected chi connectivity index (χ2v) is 4.07. The van der Waals surface area contributed by atoms with Crippen molar-refractivity contribution in [2.75, 3.05) is 7.05 Å². The van der Waals surface area contributed by atoms with Gasteiger partial charge in [0.25, 0.3) is 0 Å². The second-order valence-electron chi connectivity index (χ2n) is 3.68. The quantitative estimate of drug-likeness (QED) is 0.663. The van der Waals surface area contributed by atoms with Crippen LogP contribution in [-0.2, 0) is 0 Å². The van der Waals surface area contributed by atoms with Gasteiger partial charge in [-0.3, -0.25) is 4.99 Å². The zero-order chi connectivity index (χ0) is 12.8. The van der Waals surface area contributed by atoms with Crippen LogP contribution in [0.4, 0.5) is 0 Å². The number of aromatic nitrogens is 1. The highest BCUT2D eigenvalue weighted by atomic mass is 35.5. The molecule has 0 aromatic carbocycles. The molecule has 0 spiro atoms. The molecule has 0 unspecified atom stereocenters. The van der Waals surface area contributed by atoms with Crippen molar-refractivity contribution in [3.63, 3.8) is 0 Å². The average Bonchev–Trinajstić information content (AvgIpc) is 2.26. The summed E-state index contributed by atoms with van der Waals surface area (Å²) in [6.07, 6.45) is 4.79. The number of aliphatic imine (C=N–C) groups is 1. The van der Waals surface area contributed by atoms with Gasteiger partial charge < -0.3 is 10.5 Å². The van der Waals surface area contributed by atoms with Crippen LogP contribution in [0.1, 0.15) is 19.4 Å². The summed E-state index contributed by atoms with van der Waals surface area (Å²) in [4.78, 5) is 7.96. The molecule has 0 radical (unpaired) electrons. The first-order chi connectivity index (χ1) is 8.08. The van der Waals surface area contributed by atoms with Gasteiger partial charge in [0.1, 0.15) is 10.9 Å². The molecular weight excluding hydrogens is 238 g/mol. The van der Waals surface area contributed by atoms with Gasteiger partial charge in [0.05, 0.1) is 6.10 Å². The Labute approximate surface area is 106 Å². The molecule has 4 nitrogen and oxygen atoms in total. The molecule has 0 aliphatic carbocycles. The molecule has 17 heavy (non-hydrogen) atoms. The summed E-state index contributed by atoms with van der Waals surface area (Å²) in [6.45, 7) is 3.88. The lowest BCUT2D eigenvalue weighted by molar-refractivity contribution is 0.241. The van der Waals surface area contributed by atoms with E-state index in [-0.39, 0.29) is 6.10 Å². The zero-order valence-electron chi connectivity index (χ0n) is 10.1. The number of ether oxygens (including phenoxy) is 1. The molecule has 1 aromatic rings. The van der Waals surface area contributed by atoms with Gasteiger partial charge >= 0.3 is 0 Å². The largest absolute Gasteiger partial charge is 0.490 e. The number of allylic oxidation sites excluding steroid dienone is 1. The molecule has 0 fully saturated rings. The molecule has 5 heteroatoms. The van der Waals surface area contributed by atoms with Gasteiger partial charge in [-0.05, 0) is 13.8 Å². The SMILES string of the molecule is CN=C/C(=C\N)c1cnc(Cl)cc1OC(C)C. The number of hydrogen-bond acceptors (Lipinski definition) is 4. The number of hydrogen-bond donors (Lipinski definition) is 1. The molecule has 1 heterocycles. The van der Waals surface area contributed by atoms with E-state index < -0.39 is 0 Å². The highest BCUT2D eigenvalue weighted by Gasteiger charge is 2.10.